The van der Waals surface area contributed by atoms with Crippen LogP contribution in [0.1, 0.15) is 108 Å². The first-order valence-electron chi connectivity index (χ1n) is 17.5. The largest absolute Gasteiger partial charge is 0.463 e. The minimum absolute atomic E-state index is 0.219. The quantitative estimate of drug-likeness (QED) is 0.153. The fourth-order valence-electron chi connectivity index (χ4n) is 4.54. The second kappa shape index (κ2) is 17.6. The molecule has 1 aliphatic heterocycles. The second-order valence-electron chi connectivity index (χ2n) is 16.8. The molecule has 1 saturated heterocycles. The van der Waals surface area contributed by atoms with Gasteiger partial charge in [-0.1, -0.05) is 36.4 Å². The van der Waals surface area contributed by atoms with Crippen LogP contribution in [0.2, 0.25) is 0 Å². The normalized spacial score (nSPS) is 22.1. The third kappa shape index (κ3) is 13.4. The zero-order valence-corrected chi connectivity index (χ0v) is 32.6. The molecule has 0 bridgehead atoms. The summed E-state index contributed by atoms with van der Waals surface area (Å²) in [4.78, 5) is 65.7. The first kappa shape index (κ1) is 43.4. The van der Waals surface area contributed by atoms with E-state index in [1.165, 1.54) is 6.08 Å². The molecule has 1 aromatic rings. The Kier molecular flexibility index (Phi) is 15.0. The van der Waals surface area contributed by atoms with E-state index < -0.39 is 88.2 Å². The van der Waals surface area contributed by atoms with E-state index in [4.69, 9.17) is 28.4 Å². The van der Waals surface area contributed by atoms with Crippen molar-refractivity contribution >= 4 is 29.8 Å². The highest BCUT2D eigenvalue weighted by atomic mass is 16.7. The van der Waals surface area contributed by atoms with Gasteiger partial charge in [0, 0.05) is 12.1 Å². The molecule has 51 heavy (non-hydrogen) atoms. The minimum atomic E-state index is -1.40. The average Bonchev–Trinajstić information content (AvgIpc) is 3.00. The lowest BCUT2D eigenvalue weighted by atomic mass is 9.92. The molecule has 0 saturated carbocycles. The van der Waals surface area contributed by atoms with E-state index in [0.717, 1.165) is 5.56 Å². The van der Waals surface area contributed by atoms with Gasteiger partial charge in [0.15, 0.2) is 24.5 Å². The SMILES string of the molecule is CCOC(=O)/C=C/C[C@H](N[C@@H]1OC(COC(=O)C(C)(C)C)[C@H](OC(=O)C(C)(C)C)C(OC(=O)C(C)(C)C)C1OC(=O)C(C)(C)C)c1ccccc1. The van der Waals surface area contributed by atoms with Crippen LogP contribution in [0.3, 0.4) is 0 Å². The summed E-state index contributed by atoms with van der Waals surface area (Å²) in [5, 5.41) is 3.40. The Morgan fingerprint density at radius 1 is 0.686 bits per heavy atom. The van der Waals surface area contributed by atoms with Crippen LogP contribution in [0.4, 0.5) is 0 Å². The summed E-state index contributed by atoms with van der Waals surface area (Å²) in [6, 6.07) is 8.77. The molecule has 1 fully saturated rings. The lowest BCUT2D eigenvalue weighted by Crippen LogP contribution is -2.66. The fraction of sp³-hybridized carbons (Fsp3) is 0.667. The minimum Gasteiger partial charge on any atom is -0.463 e. The van der Waals surface area contributed by atoms with E-state index in [9.17, 15) is 24.0 Å². The summed E-state index contributed by atoms with van der Waals surface area (Å²) >= 11 is 0. The molecule has 0 amide bonds. The molecule has 3 unspecified atom stereocenters. The Hall–Kier alpha value is -3.77. The number of carbonyl (C=O) groups excluding carboxylic acids is 5. The van der Waals surface area contributed by atoms with Gasteiger partial charge in [0.05, 0.1) is 28.3 Å². The maximum Gasteiger partial charge on any atom is 0.330 e. The van der Waals surface area contributed by atoms with E-state index >= 15 is 0 Å². The molecule has 0 spiro atoms. The monoisotopic (exact) mass is 717 g/mol. The Labute approximate surface area is 303 Å². The standard InChI is InChI=1S/C39H59NO11/c1-14-46-27(41)22-18-21-25(24-19-16-15-17-20-24)40-31-30(51-35(45)39(11,12)13)29(50-34(44)38(8,9)10)28(49-33(43)37(5,6)7)26(48-31)23-47-32(42)36(2,3)4/h15-20,22,25-26,28-31,40H,14,21,23H2,1-13H3/b22-18+/t25-,26?,28-,29?,30?,31+/m0/s1. The van der Waals surface area contributed by atoms with Crippen LogP contribution in [0, 0.1) is 21.7 Å². The van der Waals surface area contributed by atoms with Gasteiger partial charge in [0.2, 0.25) is 0 Å². The predicted octanol–water partition coefficient (Wildman–Crippen LogP) is 6.01. The molecule has 1 N–H and O–H groups in total. The van der Waals surface area contributed by atoms with Crippen LogP contribution in [-0.4, -0.2) is 73.7 Å². The van der Waals surface area contributed by atoms with Gasteiger partial charge >= 0.3 is 29.8 Å². The lowest BCUT2D eigenvalue weighted by Gasteiger charge is -2.47. The van der Waals surface area contributed by atoms with Crippen molar-refractivity contribution in [3.8, 4) is 0 Å². The molecule has 6 atom stereocenters. The molecule has 12 nitrogen and oxygen atoms in total. The number of hydrogen-bond acceptors (Lipinski definition) is 12. The molecule has 1 aromatic carbocycles. The van der Waals surface area contributed by atoms with Gasteiger partial charge in [-0.2, -0.15) is 0 Å². The van der Waals surface area contributed by atoms with Crippen molar-refractivity contribution in [3.63, 3.8) is 0 Å². The Morgan fingerprint density at radius 2 is 1.16 bits per heavy atom. The number of esters is 5. The van der Waals surface area contributed by atoms with Gasteiger partial charge in [-0.05, 0) is 102 Å². The molecule has 0 aliphatic carbocycles. The van der Waals surface area contributed by atoms with E-state index in [1.807, 2.05) is 30.3 Å². The van der Waals surface area contributed by atoms with Crippen LogP contribution >= 0.6 is 0 Å². The Bertz CT molecular complexity index is 1380. The van der Waals surface area contributed by atoms with Gasteiger partial charge in [0.25, 0.3) is 0 Å². The van der Waals surface area contributed by atoms with Gasteiger partial charge in [-0.25, -0.2) is 4.79 Å². The third-order valence-corrected chi connectivity index (χ3v) is 7.67. The van der Waals surface area contributed by atoms with Crippen molar-refractivity contribution in [2.75, 3.05) is 13.2 Å². The molecule has 0 aromatic heterocycles. The molecule has 2 rings (SSSR count). The van der Waals surface area contributed by atoms with Crippen LogP contribution in [0.15, 0.2) is 42.5 Å². The van der Waals surface area contributed by atoms with Crippen molar-refractivity contribution < 1.29 is 52.4 Å². The van der Waals surface area contributed by atoms with Gasteiger partial charge in [-0.3, -0.25) is 24.5 Å². The topological polar surface area (TPSA) is 153 Å². The van der Waals surface area contributed by atoms with Crippen molar-refractivity contribution in [1.82, 2.24) is 5.32 Å². The Balaban J connectivity index is 2.79. The summed E-state index contributed by atoms with van der Waals surface area (Å²) in [5.74, 6) is -2.96. The van der Waals surface area contributed by atoms with E-state index in [-0.39, 0.29) is 19.6 Å². The number of carbonyl (C=O) groups is 5. The van der Waals surface area contributed by atoms with Gasteiger partial charge in [-0.15, -0.1) is 0 Å². The lowest BCUT2D eigenvalue weighted by molar-refractivity contribution is -0.266. The number of nitrogens with one attached hydrogen (secondary N) is 1. The maximum atomic E-state index is 13.6. The maximum absolute atomic E-state index is 13.6. The fourth-order valence-corrected chi connectivity index (χ4v) is 4.54. The van der Waals surface area contributed by atoms with Crippen molar-refractivity contribution in [2.24, 2.45) is 21.7 Å². The first-order chi connectivity index (χ1) is 23.4. The molecule has 286 valence electrons. The number of hydrogen-bond donors (Lipinski definition) is 1. The van der Waals surface area contributed by atoms with Gasteiger partial charge < -0.3 is 28.4 Å². The van der Waals surface area contributed by atoms with Crippen LogP contribution in [-0.2, 0) is 52.4 Å². The summed E-state index contributed by atoms with van der Waals surface area (Å²) in [5.41, 5.74) is -3.04. The van der Waals surface area contributed by atoms with Crippen LogP contribution < -0.4 is 5.32 Å². The summed E-state index contributed by atoms with van der Waals surface area (Å²) < 4.78 is 35.6. The highest BCUT2D eigenvalue weighted by Crippen LogP contribution is 2.35. The van der Waals surface area contributed by atoms with E-state index in [2.05, 4.69) is 5.32 Å². The molecular formula is C39H59NO11. The van der Waals surface area contributed by atoms with E-state index in [1.54, 1.807) is 96.1 Å². The molecule has 12 heteroatoms. The van der Waals surface area contributed by atoms with Crippen molar-refractivity contribution in [3.05, 3.63) is 48.0 Å². The highest BCUT2D eigenvalue weighted by molar-refractivity contribution is 5.82. The second-order valence-corrected chi connectivity index (χ2v) is 16.8. The summed E-state index contributed by atoms with van der Waals surface area (Å²) in [6.45, 7) is 21.7. The summed E-state index contributed by atoms with van der Waals surface area (Å²) in [7, 11) is 0. The zero-order chi connectivity index (χ0) is 38.9. The van der Waals surface area contributed by atoms with Crippen molar-refractivity contribution in [2.45, 2.75) is 133 Å². The zero-order valence-electron chi connectivity index (χ0n) is 32.6. The number of ether oxygens (including phenoxy) is 6. The molecule has 1 aliphatic rings. The first-order valence-corrected chi connectivity index (χ1v) is 17.5. The van der Waals surface area contributed by atoms with Crippen LogP contribution in [0.5, 0.6) is 0 Å². The molecular weight excluding hydrogens is 658 g/mol. The Morgan fingerprint density at radius 3 is 1.63 bits per heavy atom. The van der Waals surface area contributed by atoms with Crippen molar-refractivity contribution in [1.29, 1.82) is 0 Å². The number of benzene rings is 1. The summed E-state index contributed by atoms with van der Waals surface area (Å²) in [6.07, 6.45) is -3.24. The smallest absolute Gasteiger partial charge is 0.330 e. The molecule has 0 radical (unpaired) electrons. The van der Waals surface area contributed by atoms with Gasteiger partial charge in [0.1, 0.15) is 12.7 Å². The highest BCUT2D eigenvalue weighted by Gasteiger charge is 2.55. The average molecular weight is 718 g/mol. The van der Waals surface area contributed by atoms with Crippen LogP contribution in [0.25, 0.3) is 0 Å². The number of rotatable bonds is 12. The third-order valence-electron chi connectivity index (χ3n) is 7.67. The molecule has 1 heterocycles. The van der Waals surface area contributed by atoms with E-state index in [0.29, 0.717) is 0 Å². The predicted molar refractivity (Wildman–Crippen MR) is 190 cm³/mol.